The maximum Gasteiger partial charge on any atom is 0.319 e. The molecular formula is C13H10N2. The fourth-order valence-electron chi connectivity index (χ4n) is 1.14. The van der Waals surface area contributed by atoms with Crippen LogP contribution in [0.5, 0.6) is 0 Å². The van der Waals surface area contributed by atoms with E-state index in [9.17, 15) is 0 Å². The summed E-state index contributed by atoms with van der Waals surface area (Å²) in [6.07, 6.45) is 9.13. The van der Waals surface area contributed by atoms with E-state index in [2.05, 4.69) is 16.2 Å². The number of hydrogen-bond donors (Lipinski definition) is 0. The number of rotatable bonds is 0. The van der Waals surface area contributed by atoms with Gasteiger partial charge in [0.2, 0.25) is 0 Å². The largest absolute Gasteiger partial charge is 0.658 e. The predicted octanol–water partition coefficient (Wildman–Crippen LogP) is 3.67. The number of hydrogen-bond acceptors (Lipinski definition) is 0. The predicted molar refractivity (Wildman–Crippen MR) is 62.5 cm³/mol. The van der Waals surface area contributed by atoms with Gasteiger partial charge in [0.05, 0.1) is 0 Å². The van der Waals surface area contributed by atoms with E-state index in [-0.39, 0.29) is 0 Å². The summed E-state index contributed by atoms with van der Waals surface area (Å²) in [4.78, 5) is 4.07. The van der Waals surface area contributed by atoms with Crippen LogP contribution in [0.1, 0.15) is 5.56 Å². The third-order valence-electron chi connectivity index (χ3n) is 1.85. The first-order valence-electron chi connectivity index (χ1n) is 4.70. The molecule has 0 bridgehead atoms. The number of allylic oxidation sites excluding steroid dienone is 3. The Morgan fingerprint density at radius 3 is 2.73 bits per heavy atom. The third-order valence-corrected chi connectivity index (χ3v) is 1.85. The summed E-state index contributed by atoms with van der Waals surface area (Å²) >= 11 is 0. The van der Waals surface area contributed by atoms with Gasteiger partial charge >= 0.3 is 6.07 Å². The van der Waals surface area contributed by atoms with Crippen molar-refractivity contribution < 1.29 is 0 Å². The van der Waals surface area contributed by atoms with Gasteiger partial charge in [-0.15, -0.1) is 0 Å². The van der Waals surface area contributed by atoms with Gasteiger partial charge in [-0.3, -0.25) is 0 Å². The summed E-state index contributed by atoms with van der Waals surface area (Å²) in [5.41, 5.74) is 1.80. The van der Waals surface area contributed by atoms with Crippen LogP contribution in [-0.4, -0.2) is 0 Å². The van der Waals surface area contributed by atoms with Gasteiger partial charge in [-0.05, 0) is 17.0 Å². The maximum atomic E-state index is 4.12. The lowest BCUT2D eigenvalue weighted by Crippen LogP contribution is -1.75. The average molecular weight is 194 g/mol. The van der Waals surface area contributed by atoms with Crippen molar-refractivity contribution in [3.63, 3.8) is 0 Å². The summed E-state index contributed by atoms with van der Waals surface area (Å²) < 4.78 is 0. The highest BCUT2D eigenvalue weighted by Gasteiger charge is 1.90. The summed E-state index contributed by atoms with van der Waals surface area (Å²) in [6, 6.07) is 12.7. The molecular weight excluding hydrogens is 184 g/mol. The summed E-state index contributed by atoms with van der Waals surface area (Å²) in [5.74, 6) is 0. The second-order valence-electron chi connectivity index (χ2n) is 2.99. The van der Waals surface area contributed by atoms with Crippen molar-refractivity contribution in [2.75, 3.05) is 0 Å². The summed E-state index contributed by atoms with van der Waals surface area (Å²) in [7, 11) is 0. The monoisotopic (exact) mass is 194 g/mol. The van der Waals surface area contributed by atoms with Crippen molar-refractivity contribution in [3.8, 4) is 6.07 Å². The highest BCUT2D eigenvalue weighted by Crippen LogP contribution is 2.12. The minimum atomic E-state index is 0.834. The van der Waals surface area contributed by atoms with Crippen molar-refractivity contribution in [2.45, 2.75) is 0 Å². The second-order valence-corrected chi connectivity index (χ2v) is 2.99. The van der Waals surface area contributed by atoms with Gasteiger partial charge in [-0.2, -0.15) is 6.20 Å². The molecule has 1 aliphatic rings. The molecule has 0 aromatic heterocycles. The molecule has 0 radical (unpaired) electrons. The van der Waals surface area contributed by atoms with Crippen LogP contribution in [0.2, 0.25) is 0 Å². The Hall–Kier alpha value is -2.27. The van der Waals surface area contributed by atoms with Gasteiger partial charge in [-0.25, -0.2) is 0 Å². The van der Waals surface area contributed by atoms with Crippen LogP contribution in [0.15, 0.2) is 66.7 Å². The quantitative estimate of drug-likeness (QED) is 0.600. The van der Waals surface area contributed by atoms with Crippen LogP contribution in [-0.2, 0) is 0 Å². The zero-order valence-corrected chi connectivity index (χ0v) is 8.17. The Labute approximate surface area is 89.1 Å². The molecule has 1 aromatic rings. The van der Waals surface area contributed by atoms with Crippen LogP contribution < -0.4 is 0 Å². The molecule has 0 saturated carbocycles. The number of nitrogens with zero attached hydrogens (tertiary/aromatic N) is 2. The van der Waals surface area contributed by atoms with Crippen molar-refractivity contribution in [1.29, 1.82) is 0 Å². The molecule has 1 aliphatic heterocycles. The van der Waals surface area contributed by atoms with Crippen LogP contribution in [0, 0.1) is 6.07 Å². The molecule has 0 spiro atoms. The van der Waals surface area contributed by atoms with Gasteiger partial charge in [0.1, 0.15) is 5.56 Å². The molecule has 0 fully saturated rings. The van der Waals surface area contributed by atoms with Gasteiger partial charge in [0.15, 0.2) is 0 Å². The molecule has 1 heterocycles. The molecule has 72 valence electrons. The first-order valence-corrected chi connectivity index (χ1v) is 4.70. The van der Waals surface area contributed by atoms with E-state index in [0.29, 0.717) is 0 Å². The average Bonchev–Trinajstić information content (AvgIpc) is 2.32. The van der Waals surface area contributed by atoms with Gasteiger partial charge in [0.25, 0.3) is 6.20 Å². The minimum Gasteiger partial charge on any atom is -0.658 e. The van der Waals surface area contributed by atoms with Gasteiger partial charge < -0.3 is 5.32 Å². The van der Waals surface area contributed by atoms with Crippen molar-refractivity contribution in [2.24, 2.45) is 0 Å². The maximum absolute atomic E-state index is 4.12. The lowest BCUT2D eigenvalue weighted by atomic mass is 10.2. The fourth-order valence-corrected chi connectivity index (χ4v) is 1.14. The van der Waals surface area contributed by atoms with Crippen LogP contribution in [0.3, 0.4) is 0 Å². The Morgan fingerprint density at radius 2 is 2.00 bits per heavy atom. The van der Waals surface area contributed by atoms with E-state index in [1.165, 1.54) is 0 Å². The second kappa shape index (κ2) is 4.83. The zero-order valence-electron chi connectivity index (χ0n) is 8.17. The standard InChI is InChI=1S/C13H10N2/c1-2-6-12(7-3-1)10-14-11-13-8-4-5-9-15-13/h1-9,11H/b13-11+. The zero-order chi connectivity index (χ0) is 10.3. The fraction of sp³-hybridized carbons (Fsp3) is 0. The van der Waals surface area contributed by atoms with Crippen molar-refractivity contribution in [1.82, 2.24) is 0 Å². The molecule has 1 aromatic carbocycles. The summed E-state index contributed by atoms with van der Waals surface area (Å²) in [6.45, 7) is 0. The molecule has 2 rings (SSSR count). The Balaban J connectivity index is 2.07. The van der Waals surface area contributed by atoms with E-state index in [1.807, 2.05) is 48.6 Å². The van der Waals surface area contributed by atoms with Gasteiger partial charge in [0, 0.05) is 0 Å². The molecule has 0 amide bonds. The Bertz CT molecular complexity index is 470. The highest BCUT2D eigenvalue weighted by molar-refractivity contribution is 5.42. The first-order chi connectivity index (χ1) is 7.45. The van der Waals surface area contributed by atoms with E-state index in [0.717, 1.165) is 11.3 Å². The molecule has 2 nitrogen and oxygen atoms in total. The normalized spacial score (nSPS) is 15.6. The van der Waals surface area contributed by atoms with Crippen LogP contribution in [0.4, 0.5) is 0 Å². The van der Waals surface area contributed by atoms with E-state index in [1.54, 1.807) is 12.4 Å². The molecule has 0 N–H and O–H groups in total. The SMILES string of the molecule is C(#[N+]/C=C1\C=CC=C[N-]1)c1ccccc1. The topological polar surface area (TPSA) is 18.5 Å². The molecule has 0 aliphatic carbocycles. The molecule has 0 saturated heterocycles. The molecule has 2 heteroatoms. The highest BCUT2D eigenvalue weighted by atomic mass is 14.9. The van der Waals surface area contributed by atoms with Crippen LogP contribution in [0.25, 0.3) is 10.2 Å². The lowest BCUT2D eigenvalue weighted by Gasteiger charge is -2.14. The Kier molecular flexibility index (Phi) is 2.99. The lowest BCUT2D eigenvalue weighted by molar-refractivity contribution is 1.55. The molecule has 15 heavy (non-hydrogen) atoms. The van der Waals surface area contributed by atoms with E-state index in [4.69, 9.17) is 0 Å². The Morgan fingerprint density at radius 1 is 1.13 bits per heavy atom. The first kappa shape index (κ1) is 9.29. The smallest absolute Gasteiger partial charge is 0.319 e. The summed E-state index contributed by atoms with van der Waals surface area (Å²) in [5, 5.41) is 4.12. The van der Waals surface area contributed by atoms with E-state index >= 15 is 0 Å². The molecule has 0 atom stereocenters. The van der Waals surface area contributed by atoms with Crippen molar-refractivity contribution >= 4 is 0 Å². The van der Waals surface area contributed by atoms with Crippen molar-refractivity contribution in [3.05, 3.63) is 82.4 Å². The van der Waals surface area contributed by atoms with E-state index < -0.39 is 0 Å². The molecule has 0 unspecified atom stereocenters. The third kappa shape index (κ3) is 2.85. The van der Waals surface area contributed by atoms with Gasteiger partial charge in [-0.1, -0.05) is 42.1 Å². The minimum absolute atomic E-state index is 0.834. The van der Waals surface area contributed by atoms with Crippen LogP contribution >= 0.6 is 0 Å². The number of benzene rings is 1.